The number of nitrogens with zero attached hydrogens (tertiary/aromatic N) is 3. The molecule has 0 unspecified atom stereocenters. The van der Waals surface area contributed by atoms with Crippen molar-refractivity contribution in [1.82, 2.24) is 9.97 Å². The van der Waals surface area contributed by atoms with E-state index in [4.69, 9.17) is 23.2 Å². The van der Waals surface area contributed by atoms with Gasteiger partial charge in [0, 0.05) is 17.0 Å². The summed E-state index contributed by atoms with van der Waals surface area (Å²) in [7, 11) is 0. The van der Waals surface area contributed by atoms with Gasteiger partial charge in [0.25, 0.3) is 0 Å². The van der Waals surface area contributed by atoms with E-state index in [0.717, 1.165) is 27.5 Å². The molecular weight excluding hydrogens is 341 g/mol. The highest BCUT2D eigenvalue weighted by Crippen LogP contribution is 2.32. The number of halogens is 2. The van der Waals surface area contributed by atoms with Crippen molar-refractivity contribution in [3.8, 4) is 0 Å². The minimum atomic E-state index is 0.506. The van der Waals surface area contributed by atoms with Crippen LogP contribution in [0.5, 0.6) is 0 Å². The second-order valence-electron chi connectivity index (χ2n) is 5.28. The summed E-state index contributed by atoms with van der Waals surface area (Å²) < 4.78 is 0. The number of fused-ring (bicyclic) bond motifs is 3. The maximum atomic E-state index is 6.14. The number of para-hydroxylation sites is 1. The van der Waals surface area contributed by atoms with E-state index >= 15 is 0 Å². The van der Waals surface area contributed by atoms with Crippen molar-refractivity contribution >= 4 is 56.9 Å². The lowest BCUT2D eigenvalue weighted by atomic mass is 10.1. The fourth-order valence-electron chi connectivity index (χ4n) is 2.55. The first-order valence-electron chi connectivity index (χ1n) is 7.35. The highest BCUT2D eigenvalue weighted by molar-refractivity contribution is 6.38. The highest BCUT2D eigenvalue weighted by Gasteiger charge is 2.05. The molecule has 116 valence electrons. The largest absolute Gasteiger partial charge is 0.254 e. The van der Waals surface area contributed by atoms with Gasteiger partial charge in [-0.15, -0.1) is 0 Å². The van der Waals surface area contributed by atoms with Crippen molar-refractivity contribution in [2.45, 2.75) is 0 Å². The Hall–Kier alpha value is -2.49. The minimum absolute atomic E-state index is 0.506. The second kappa shape index (κ2) is 6.19. The van der Waals surface area contributed by atoms with Gasteiger partial charge in [-0.25, -0.2) is 4.98 Å². The van der Waals surface area contributed by atoms with Crippen molar-refractivity contribution in [1.29, 1.82) is 0 Å². The van der Waals surface area contributed by atoms with E-state index in [9.17, 15) is 0 Å². The predicted molar refractivity (Wildman–Crippen MR) is 101 cm³/mol. The maximum Gasteiger partial charge on any atom is 0.100 e. The van der Waals surface area contributed by atoms with E-state index in [-0.39, 0.29) is 0 Å². The van der Waals surface area contributed by atoms with Gasteiger partial charge < -0.3 is 0 Å². The van der Waals surface area contributed by atoms with Gasteiger partial charge in [0.2, 0.25) is 0 Å². The molecule has 0 N–H and O–H groups in total. The van der Waals surface area contributed by atoms with Gasteiger partial charge in [0.15, 0.2) is 0 Å². The Morgan fingerprint density at radius 3 is 2.29 bits per heavy atom. The molecule has 3 nitrogen and oxygen atoms in total. The van der Waals surface area contributed by atoms with Crippen LogP contribution in [0.2, 0.25) is 10.0 Å². The van der Waals surface area contributed by atoms with Crippen LogP contribution in [0.25, 0.3) is 21.8 Å². The first-order valence-corrected chi connectivity index (χ1v) is 8.10. The van der Waals surface area contributed by atoms with Crippen molar-refractivity contribution < 1.29 is 0 Å². The molecule has 0 saturated carbocycles. The molecule has 0 amide bonds. The predicted octanol–water partition coefficient (Wildman–Crippen LogP) is 5.84. The molecule has 0 aliphatic rings. The molecule has 0 bridgehead atoms. The van der Waals surface area contributed by atoms with Crippen molar-refractivity contribution in [3.63, 3.8) is 0 Å². The fraction of sp³-hybridized carbons (Fsp3) is 0. The Kier molecular flexibility index (Phi) is 3.89. The molecule has 24 heavy (non-hydrogen) atoms. The molecule has 0 radical (unpaired) electrons. The number of hydrogen-bond acceptors (Lipinski definition) is 3. The average molecular weight is 352 g/mol. The van der Waals surface area contributed by atoms with Crippen LogP contribution in [0.4, 0.5) is 5.69 Å². The molecule has 2 heterocycles. The molecule has 0 aliphatic carbocycles. The van der Waals surface area contributed by atoms with E-state index in [1.165, 1.54) is 0 Å². The van der Waals surface area contributed by atoms with E-state index in [2.05, 4.69) is 15.0 Å². The monoisotopic (exact) mass is 351 g/mol. The Bertz CT molecular complexity index is 1070. The molecule has 0 aliphatic heterocycles. The van der Waals surface area contributed by atoms with Gasteiger partial charge in [0.05, 0.1) is 33.0 Å². The average Bonchev–Trinajstić information content (AvgIpc) is 2.61. The molecule has 5 heteroatoms. The quantitative estimate of drug-likeness (QED) is 0.336. The molecule has 2 aromatic carbocycles. The van der Waals surface area contributed by atoms with E-state index in [1.807, 2.05) is 36.4 Å². The van der Waals surface area contributed by atoms with Crippen molar-refractivity contribution in [2.24, 2.45) is 4.99 Å². The minimum Gasteiger partial charge on any atom is -0.254 e. The summed E-state index contributed by atoms with van der Waals surface area (Å²) in [5, 5.41) is 3.10. The Morgan fingerprint density at radius 2 is 1.50 bits per heavy atom. The van der Waals surface area contributed by atoms with Gasteiger partial charge in [-0.3, -0.25) is 9.98 Å². The zero-order valence-corrected chi connectivity index (χ0v) is 14.0. The standard InChI is InChI=1S/C19H11Cl2N3/c20-15-4-1-5-16(21)19(15)23-11-14-9-8-13-7-6-12-3-2-10-22-17(12)18(13)24-14/h1-11H/b23-11+. The van der Waals surface area contributed by atoms with Crippen LogP contribution in [0.1, 0.15) is 5.69 Å². The Balaban J connectivity index is 1.83. The van der Waals surface area contributed by atoms with Gasteiger partial charge in [-0.1, -0.05) is 53.5 Å². The molecule has 0 atom stereocenters. The zero-order valence-electron chi connectivity index (χ0n) is 12.4. The smallest absolute Gasteiger partial charge is 0.100 e. The maximum absolute atomic E-state index is 6.14. The SMILES string of the molecule is Clc1cccc(Cl)c1/N=C/c1ccc2ccc3cccnc3c2n1. The van der Waals surface area contributed by atoms with Crippen molar-refractivity contribution in [2.75, 3.05) is 0 Å². The summed E-state index contributed by atoms with van der Waals surface area (Å²) in [5.41, 5.74) is 2.98. The number of benzene rings is 2. The first-order chi connectivity index (χ1) is 11.7. The third-order valence-corrected chi connectivity index (χ3v) is 4.33. The van der Waals surface area contributed by atoms with E-state index in [0.29, 0.717) is 15.7 Å². The highest BCUT2D eigenvalue weighted by atomic mass is 35.5. The lowest BCUT2D eigenvalue weighted by Gasteiger charge is -2.03. The number of aliphatic imine (C=N–C) groups is 1. The Morgan fingerprint density at radius 1 is 0.792 bits per heavy atom. The van der Waals surface area contributed by atoms with Gasteiger partial charge in [-0.05, 0) is 24.3 Å². The van der Waals surface area contributed by atoms with Gasteiger partial charge in [-0.2, -0.15) is 0 Å². The first kappa shape index (κ1) is 15.1. The van der Waals surface area contributed by atoms with Crippen LogP contribution in [-0.2, 0) is 0 Å². The third-order valence-electron chi connectivity index (χ3n) is 3.72. The Labute approximate surface area is 148 Å². The molecule has 4 aromatic rings. The van der Waals surface area contributed by atoms with Crippen LogP contribution >= 0.6 is 23.2 Å². The summed E-state index contributed by atoms with van der Waals surface area (Å²) in [6.07, 6.45) is 3.43. The second-order valence-corrected chi connectivity index (χ2v) is 6.09. The normalized spacial score (nSPS) is 11.6. The number of hydrogen-bond donors (Lipinski definition) is 0. The summed E-state index contributed by atoms with van der Waals surface area (Å²) in [6, 6.07) is 17.2. The van der Waals surface area contributed by atoms with Crippen molar-refractivity contribution in [3.05, 3.63) is 76.5 Å². The molecule has 0 spiro atoms. The van der Waals surface area contributed by atoms with Gasteiger partial charge in [0.1, 0.15) is 5.69 Å². The van der Waals surface area contributed by atoms with Crippen LogP contribution in [0.3, 0.4) is 0 Å². The lowest BCUT2D eigenvalue weighted by Crippen LogP contribution is -1.90. The zero-order chi connectivity index (χ0) is 16.5. The van der Waals surface area contributed by atoms with E-state index in [1.54, 1.807) is 30.6 Å². The van der Waals surface area contributed by atoms with Crippen LogP contribution < -0.4 is 0 Å². The number of aromatic nitrogens is 2. The van der Waals surface area contributed by atoms with Crippen LogP contribution in [0.15, 0.2) is 65.8 Å². The lowest BCUT2D eigenvalue weighted by molar-refractivity contribution is 1.35. The molecular formula is C19H11Cl2N3. The topological polar surface area (TPSA) is 38.1 Å². The fourth-order valence-corrected chi connectivity index (χ4v) is 3.05. The summed E-state index contributed by atoms with van der Waals surface area (Å²) in [4.78, 5) is 13.5. The molecule has 2 aromatic heterocycles. The van der Waals surface area contributed by atoms with Crippen LogP contribution in [-0.4, -0.2) is 16.2 Å². The van der Waals surface area contributed by atoms with Crippen LogP contribution in [0, 0.1) is 0 Å². The summed E-state index contributed by atoms with van der Waals surface area (Å²) in [6.45, 7) is 0. The molecule has 4 rings (SSSR count). The van der Waals surface area contributed by atoms with Gasteiger partial charge >= 0.3 is 0 Å². The van der Waals surface area contributed by atoms with E-state index < -0.39 is 0 Å². The third kappa shape index (κ3) is 2.73. The summed E-state index contributed by atoms with van der Waals surface area (Å²) >= 11 is 12.3. The number of pyridine rings is 2. The molecule has 0 fully saturated rings. The number of rotatable bonds is 2. The summed E-state index contributed by atoms with van der Waals surface area (Å²) in [5.74, 6) is 0. The molecule has 0 saturated heterocycles.